The molecule has 0 saturated carbocycles. The zero-order chi connectivity index (χ0) is 13.7. The van der Waals surface area contributed by atoms with E-state index in [1.165, 1.54) is 0 Å². The maximum absolute atomic E-state index is 9.69. The lowest BCUT2D eigenvalue weighted by atomic mass is 10.1. The van der Waals surface area contributed by atoms with Crippen molar-refractivity contribution < 1.29 is 9.84 Å². The molecule has 0 aliphatic heterocycles. The average molecular weight is 255 g/mol. The van der Waals surface area contributed by atoms with E-state index in [4.69, 9.17) is 4.74 Å². The summed E-state index contributed by atoms with van der Waals surface area (Å²) in [6.45, 7) is 2.57. The van der Waals surface area contributed by atoms with Crippen molar-refractivity contribution in [3.05, 3.63) is 59.2 Å². The number of aliphatic imine (C=N–C) groups is 1. The summed E-state index contributed by atoms with van der Waals surface area (Å²) >= 11 is 0. The quantitative estimate of drug-likeness (QED) is 0.851. The summed E-state index contributed by atoms with van der Waals surface area (Å²) < 4.78 is 5.10. The molecule has 0 radical (unpaired) electrons. The number of phenolic OH excluding ortho intramolecular Hbond substituents is 1. The van der Waals surface area contributed by atoms with Crippen molar-refractivity contribution in [3.63, 3.8) is 0 Å². The van der Waals surface area contributed by atoms with Gasteiger partial charge in [0.1, 0.15) is 11.5 Å². The van der Waals surface area contributed by atoms with Crippen LogP contribution in [0.3, 0.4) is 0 Å². The third-order valence-corrected chi connectivity index (χ3v) is 2.85. The summed E-state index contributed by atoms with van der Waals surface area (Å²) in [6.07, 6.45) is 1.70. The number of benzene rings is 2. The Morgan fingerprint density at radius 3 is 2.58 bits per heavy atom. The topological polar surface area (TPSA) is 41.8 Å². The highest BCUT2D eigenvalue weighted by Gasteiger charge is 1.98. The molecule has 0 fully saturated rings. The van der Waals surface area contributed by atoms with E-state index in [2.05, 4.69) is 4.99 Å². The number of phenols is 1. The SMILES string of the molecule is COc1ccc(CN=Cc2cc(C)ccc2O)cc1. The van der Waals surface area contributed by atoms with Crippen LogP contribution in [0.1, 0.15) is 16.7 Å². The van der Waals surface area contributed by atoms with Gasteiger partial charge in [0.2, 0.25) is 0 Å². The summed E-state index contributed by atoms with van der Waals surface area (Å²) in [7, 11) is 1.65. The molecule has 0 aromatic heterocycles. The van der Waals surface area contributed by atoms with Crippen LogP contribution in [0.15, 0.2) is 47.5 Å². The molecule has 0 amide bonds. The molecule has 1 N–H and O–H groups in total. The standard InChI is InChI=1S/C16H17NO2/c1-12-3-8-16(18)14(9-12)11-17-10-13-4-6-15(19-2)7-5-13/h3-9,11,18H,10H2,1-2H3. The second-order valence-electron chi connectivity index (χ2n) is 4.38. The molecular formula is C16H17NO2. The van der Waals surface area contributed by atoms with Crippen LogP contribution in [0, 0.1) is 6.92 Å². The first-order valence-electron chi connectivity index (χ1n) is 6.11. The van der Waals surface area contributed by atoms with Crippen LogP contribution >= 0.6 is 0 Å². The fourth-order valence-corrected chi connectivity index (χ4v) is 1.76. The number of hydrogen-bond acceptors (Lipinski definition) is 3. The van der Waals surface area contributed by atoms with Gasteiger partial charge in [-0.05, 0) is 36.8 Å². The van der Waals surface area contributed by atoms with Crippen molar-refractivity contribution in [2.75, 3.05) is 7.11 Å². The van der Waals surface area contributed by atoms with E-state index in [0.29, 0.717) is 6.54 Å². The van der Waals surface area contributed by atoms with Gasteiger partial charge in [0, 0.05) is 11.8 Å². The van der Waals surface area contributed by atoms with Crippen LogP contribution in [0.2, 0.25) is 0 Å². The Morgan fingerprint density at radius 2 is 1.89 bits per heavy atom. The normalized spacial score (nSPS) is 10.8. The first-order chi connectivity index (χ1) is 9.19. The summed E-state index contributed by atoms with van der Waals surface area (Å²) in [5, 5.41) is 9.69. The van der Waals surface area contributed by atoms with E-state index in [1.807, 2.05) is 43.3 Å². The van der Waals surface area contributed by atoms with Crippen LogP contribution in [0.25, 0.3) is 0 Å². The molecule has 0 atom stereocenters. The number of methoxy groups -OCH3 is 1. The van der Waals surface area contributed by atoms with Gasteiger partial charge in [-0.2, -0.15) is 0 Å². The number of aryl methyl sites for hydroxylation is 1. The molecule has 19 heavy (non-hydrogen) atoms. The molecular weight excluding hydrogens is 238 g/mol. The van der Waals surface area contributed by atoms with E-state index in [-0.39, 0.29) is 5.75 Å². The van der Waals surface area contributed by atoms with Gasteiger partial charge in [-0.15, -0.1) is 0 Å². The summed E-state index contributed by atoms with van der Waals surface area (Å²) in [6, 6.07) is 13.2. The Kier molecular flexibility index (Phi) is 4.18. The van der Waals surface area contributed by atoms with Gasteiger partial charge in [0.05, 0.1) is 13.7 Å². The second kappa shape index (κ2) is 6.05. The third kappa shape index (κ3) is 3.58. The van der Waals surface area contributed by atoms with Crippen molar-refractivity contribution in [2.24, 2.45) is 4.99 Å². The molecule has 2 rings (SSSR count). The first kappa shape index (κ1) is 13.1. The number of hydrogen-bond donors (Lipinski definition) is 1. The lowest BCUT2D eigenvalue weighted by Gasteiger charge is -2.02. The number of ether oxygens (including phenoxy) is 1. The van der Waals surface area contributed by atoms with Crippen LogP contribution in [-0.4, -0.2) is 18.4 Å². The Morgan fingerprint density at radius 1 is 1.16 bits per heavy atom. The first-order valence-corrected chi connectivity index (χ1v) is 6.11. The minimum Gasteiger partial charge on any atom is -0.507 e. The van der Waals surface area contributed by atoms with Crippen molar-refractivity contribution in [3.8, 4) is 11.5 Å². The fourth-order valence-electron chi connectivity index (χ4n) is 1.76. The van der Waals surface area contributed by atoms with E-state index >= 15 is 0 Å². The van der Waals surface area contributed by atoms with Crippen LogP contribution < -0.4 is 4.74 Å². The maximum Gasteiger partial charge on any atom is 0.124 e. The van der Waals surface area contributed by atoms with Crippen molar-refractivity contribution >= 4 is 6.21 Å². The van der Waals surface area contributed by atoms with E-state index in [9.17, 15) is 5.11 Å². The summed E-state index contributed by atoms with van der Waals surface area (Å²) in [5.74, 6) is 1.09. The van der Waals surface area contributed by atoms with Crippen LogP contribution in [-0.2, 0) is 6.54 Å². The molecule has 2 aromatic rings. The molecule has 98 valence electrons. The highest BCUT2D eigenvalue weighted by atomic mass is 16.5. The molecule has 0 aliphatic carbocycles. The predicted octanol–water partition coefficient (Wildman–Crippen LogP) is 3.33. The monoisotopic (exact) mass is 255 g/mol. The van der Waals surface area contributed by atoms with Crippen molar-refractivity contribution in [1.29, 1.82) is 0 Å². The van der Waals surface area contributed by atoms with Gasteiger partial charge in [-0.1, -0.05) is 23.8 Å². The summed E-state index contributed by atoms with van der Waals surface area (Å²) in [4.78, 5) is 4.34. The van der Waals surface area contributed by atoms with Gasteiger partial charge in [-0.3, -0.25) is 4.99 Å². The van der Waals surface area contributed by atoms with Gasteiger partial charge in [-0.25, -0.2) is 0 Å². The maximum atomic E-state index is 9.69. The molecule has 0 unspecified atom stereocenters. The molecule has 0 saturated heterocycles. The largest absolute Gasteiger partial charge is 0.507 e. The zero-order valence-corrected chi connectivity index (χ0v) is 11.1. The molecule has 0 aliphatic rings. The average Bonchev–Trinajstić information content (AvgIpc) is 2.43. The molecule has 3 heteroatoms. The number of nitrogens with zero attached hydrogens (tertiary/aromatic N) is 1. The summed E-state index contributed by atoms with van der Waals surface area (Å²) in [5.41, 5.74) is 2.95. The predicted molar refractivity (Wildman–Crippen MR) is 77.1 cm³/mol. The van der Waals surface area contributed by atoms with Gasteiger partial charge in [0.15, 0.2) is 0 Å². The van der Waals surface area contributed by atoms with Crippen LogP contribution in [0.5, 0.6) is 11.5 Å². The Balaban J connectivity index is 2.04. The van der Waals surface area contributed by atoms with E-state index in [1.54, 1.807) is 19.4 Å². The smallest absolute Gasteiger partial charge is 0.124 e. The van der Waals surface area contributed by atoms with E-state index in [0.717, 1.165) is 22.4 Å². The highest BCUT2D eigenvalue weighted by molar-refractivity contribution is 5.83. The van der Waals surface area contributed by atoms with Crippen LogP contribution in [0.4, 0.5) is 0 Å². The minimum atomic E-state index is 0.254. The Hall–Kier alpha value is -2.29. The fraction of sp³-hybridized carbons (Fsp3) is 0.188. The molecule has 0 heterocycles. The van der Waals surface area contributed by atoms with Gasteiger partial charge in [0.25, 0.3) is 0 Å². The van der Waals surface area contributed by atoms with E-state index < -0.39 is 0 Å². The Bertz CT molecular complexity index is 574. The zero-order valence-electron chi connectivity index (χ0n) is 11.1. The second-order valence-corrected chi connectivity index (χ2v) is 4.38. The van der Waals surface area contributed by atoms with Crippen molar-refractivity contribution in [2.45, 2.75) is 13.5 Å². The third-order valence-electron chi connectivity index (χ3n) is 2.85. The Labute approximate surface area is 113 Å². The molecule has 2 aromatic carbocycles. The van der Waals surface area contributed by atoms with Gasteiger partial charge >= 0.3 is 0 Å². The number of rotatable bonds is 4. The lowest BCUT2D eigenvalue weighted by Crippen LogP contribution is -1.87. The highest BCUT2D eigenvalue weighted by Crippen LogP contribution is 2.16. The molecule has 0 spiro atoms. The molecule has 0 bridgehead atoms. The molecule has 3 nitrogen and oxygen atoms in total. The number of aromatic hydroxyl groups is 1. The van der Waals surface area contributed by atoms with Gasteiger partial charge < -0.3 is 9.84 Å². The van der Waals surface area contributed by atoms with Crippen molar-refractivity contribution in [1.82, 2.24) is 0 Å². The lowest BCUT2D eigenvalue weighted by molar-refractivity contribution is 0.414. The minimum absolute atomic E-state index is 0.254.